The number of hydrogen-bond donors (Lipinski definition) is 1. The molecule has 1 fully saturated rings. The fourth-order valence-electron chi connectivity index (χ4n) is 2.53. The Morgan fingerprint density at radius 2 is 2.08 bits per heavy atom. The van der Waals surface area contributed by atoms with Crippen molar-refractivity contribution in [1.29, 1.82) is 0 Å². The van der Waals surface area contributed by atoms with E-state index in [1.807, 2.05) is 0 Å². The first-order valence-corrected chi connectivity index (χ1v) is 7.67. The Morgan fingerprint density at radius 1 is 1.28 bits per heavy atom. The number of nitro benzene ring substituents is 1. The molecule has 1 aromatic heterocycles. The largest absolute Gasteiger partial charge is 0.440 e. The van der Waals surface area contributed by atoms with Gasteiger partial charge in [0.05, 0.1) is 16.6 Å². The zero-order valence-corrected chi connectivity index (χ0v) is 12.9. The van der Waals surface area contributed by atoms with Crippen LogP contribution in [0.3, 0.4) is 0 Å². The Kier molecular flexibility index (Phi) is 3.45. The maximum atomic E-state index is 13.9. The average Bonchev–Trinajstić information content (AvgIpc) is 3.34. The van der Waals surface area contributed by atoms with Crippen molar-refractivity contribution < 1.29 is 18.5 Å². The van der Waals surface area contributed by atoms with Crippen molar-refractivity contribution in [2.45, 2.75) is 18.8 Å². The zero-order valence-electron chi connectivity index (χ0n) is 12.9. The molecule has 1 N–H and O–H groups in total. The van der Waals surface area contributed by atoms with Crippen LogP contribution in [0.1, 0.15) is 35.0 Å². The number of aromatic nitrogens is 1. The molecule has 25 heavy (non-hydrogen) atoms. The molecule has 0 radical (unpaired) electrons. The lowest BCUT2D eigenvalue weighted by molar-refractivity contribution is -0.385. The summed E-state index contributed by atoms with van der Waals surface area (Å²) in [4.78, 5) is 26.5. The molecule has 1 heterocycles. The Balaban J connectivity index is 1.57. The second-order valence-corrected chi connectivity index (χ2v) is 5.88. The van der Waals surface area contributed by atoms with Crippen molar-refractivity contribution in [3.63, 3.8) is 0 Å². The number of benzene rings is 2. The predicted octanol–water partition coefficient (Wildman–Crippen LogP) is 4.00. The van der Waals surface area contributed by atoms with Gasteiger partial charge in [-0.2, -0.15) is 0 Å². The van der Waals surface area contributed by atoms with Crippen LogP contribution in [0.2, 0.25) is 0 Å². The summed E-state index contributed by atoms with van der Waals surface area (Å²) in [5.74, 6) is -0.586. The van der Waals surface area contributed by atoms with Gasteiger partial charge in [-0.15, -0.1) is 0 Å². The highest BCUT2D eigenvalue weighted by Crippen LogP contribution is 2.40. The average molecular weight is 341 g/mol. The Hall–Kier alpha value is -3.29. The fourth-order valence-corrected chi connectivity index (χ4v) is 2.53. The van der Waals surface area contributed by atoms with Crippen LogP contribution in [0.25, 0.3) is 11.1 Å². The normalized spacial score (nSPS) is 13.8. The molecule has 0 unspecified atom stereocenters. The minimum Gasteiger partial charge on any atom is -0.440 e. The summed E-state index contributed by atoms with van der Waals surface area (Å²) in [6.45, 7) is 0. The van der Waals surface area contributed by atoms with Crippen molar-refractivity contribution >= 4 is 28.4 Å². The zero-order chi connectivity index (χ0) is 17.6. The van der Waals surface area contributed by atoms with E-state index in [4.69, 9.17) is 4.42 Å². The second kappa shape index (κ2) is 5.66. The molecule has 2 aromatic carbocycles. The van der Waals surface area contributed by atoms with Crippen LogP contribution in [-0.4, -0.2) is 15.8 Å². The highest BCUT2D eigenvalue weighted by Gasteiger charge is 2.29. The van der Waals surface area contributed by atoms with Crippen LogP contribution < -0.4 is 5.32 Å². The lowest BCUT2D eigenvalue weighted by Gasteiger charge is -2.06. The SMILES string of the molecule is O=C(Nc1ccc2nc(C3CC3)oc2c1)c1ccc([N+](=O)[O-])cc1F. The van der Waals surface area contributed by atoms with Gasteiger partial charge in [-0.1, -0.05) is 0 Å². The summed E-state index contributed by atoms with van der Waals surface area (Å²) < 4.78 is 19.6. The van der Waals surface area contributed by atoms with Gasteiger partial charge in [-0.3, -0.25) is 14.9 Å². The maximum Gasteiger partial charge on any atom is 0.272 e. The van der Waals surface area contributed by atoms with E-state index in [1.54, 1.807) is 18.2 Å². The molecule has 0 saturated heterocycles. The lowest BCUT2D eigenvalue weighted by Crippen LogP contribution is -2.13. The number of nitro groups is 1. The summed E-state index contributed by atoms with van der Waals surface area (Å²) >= 11 is 0. The van der Waals surface area contributed by atoms with Gasteiger partial charge >= 0.3 is 0 Å². The minimum atomic E-state index is -0.955. The van der Waals surface area contributed by atoms with Crippen molar-refractivity contribution in [3.8, 4) is 0 Å². The predicted molar refractivity (Wildman–Crippen MR) is 87.0 cm³/mol. The van der Waals surface area contributed by atoms with Gasteiger partial charge in [-0.25, -0.2) is 9.37 Å². The van der Waals surface area contributed by atoms with Crippen molar-refractivity contribution in [1.82, 2.24) is 4.98 Å². The van der Waals surface area contributed by atoms with Gasteiger partial charge < -0.3 is 9.73 Å². The van der Waals surface area contributed by atoms with Crippen molar-refractivity contribution in [3.05, 3.63) is 63.8 Å². The second-order valence-electron chi connectivity index (χ2n) is 5.88. The highest BCUT2D eigenvalue weighted by atomic mass is 19.1. The molecular weight excluding hydrogens is 329 g/mol. The number of non-ortho nitro benzene ring substituents is 1. The number of carbonyl (C=O) groups is 1. The summed E-state index contributed by atoms with van der Waals surface area (Å²) in [6, 6.07) is 7.86. The van der Waals surface area contributed by atoms with Gasteiger partial charge in [0, 0.05) is 23.7 Å². The number of hydrogen-bond acceptors (Lipinski definition) is 5. The molecule has 126 valence electrons. The summed E-state index contributed by atoms with van der Waals surface area (Å²) in [5.41, 5.74) is 0.978. The maximum absolute atomic E-state index is 13.9. The monoisotopic (exact) mass is 341 g/mol. The highest BCUT2D eigenvalue weighted by molar-refractivity contribution is 6.05. The van der Waals surface area contributed by atoms with Crippen LogP contribution in [0.15, 0.2) is 40.8 Å². The number of halogens is 1. The first kappa shape index (κ1) is 15.3. The van der Waals surface area contributed by atoms with E-state index >= 15 is 0 Å². The molecule has 4 rings (SSSR count). The van der Waals surface area contributed by atoms with Crippen LogP contribution in [0, 0.1) is 15.9 Å². The Labute approximate surface area is 140 Å². The van der Waals surface area contributed by atoms with Crippen LogP contribution in [-0.2, 0) is 0 Å². The van der Waals surface area contributed by atoms with Crippen LogP contribution in [0.5, 0.6) is 0 Å². The van der Waals surface area contributed by atoms with E-state index in [0.29, 0.717) is 28.6 Å². The molecule has 0 spiro atoms. The first-order valence-electron chi connectivity index (χ1n) is 7.67. The first-order chi connectivity index (χ1) is 12.0. The third-order valence-corrected chi connectivity index (χ3v) is 4.00. The van der Waals surface area contributed by atoms with Crippen molar-refractivity contribution in [2.75, 3.05) is 5.32 Å². The third kappa shape index (κ3) is 2.93. The third-order valence-electron chi connectivity index (χ3n) is 4.00. The molecular formula is C17H12FN3O4. The van der Waals surface area contributed by atoms with Gasteiger partial charge in [0.15, 0.2) is 11.5 Å². The van der Waals surface area contributed by atoms with E-state index in [9.17, 15) is 19.3 Å². The molecule has 1 aliphatic carbocycles. The molecule has 1 amide bonds. The van der Waals surface area contributed by atoms with Crippen molar-refractivity contribution in [2.24, 2.45) is 0 Å². The number of fused-ring (bicyclic) bond motifs is 1. The molecule has 1 saturated carbocycles. The van der Waals surface area contributed by atoms with E-state index in [0.717, 1.165) is 31.0 Å². The Bertz CT molecular complexity index is 1010. The van der Waals surface area contributed by atoms with E-state index in [1.165, 1.54) is 0 Å². The molecule has 0 aliphatic heterocycles. The lowest BCUT2D eigenvalue weighted by atomic mass is 10.1. The minimum absolute atomic E-state index is 0.276. The van der Waals surface area contributed by atoms with E-state index in [-0.39, 0.29) is 5.56 Å². The Morgan fingerprint density at radius 3 is 2.76 bits per heavy atom. The van der Waals surface area contributed by atoms with Gasteiger partial charge in [0.1, 0.15) is 11.3 Å². The standard InChI is InChI=1S/C17H12FN3O4/c18-13-8-11(21(23)24)4-5-12(13)16(22)19-10-3-6-14-15(7-10)25-17(20-14)9-1-2-9/h3-9H,1-2H2,(H,19,22). The smallest absolute Gasteiger partial charge is 0.272 e. The summed E-state index contributed by atoms with van der Waals surface area (Å²) in [5, 5.41) is 13.2. The van der Waals surface area contributed by atoms with E-state index < -0.39 is 22.3 Å². The van der Waals surface area contributed by atoms with Gasteiger partial charge in [0.25, 0.3) is 11.6 Å². The number of anilines is 1. The van der Waals surface area contributed by atoms with E-state index in [2.05, 4.69) is 10.3 Å². The number of nitrogens with one attached hydrogen (secondary N) is 1. The molecule has 1 aliphatic rings. The number of rotatable bonds is 4. The summed E-state index contributed by atoms with van der Waals surface area (Å²) in [7, 11) is 0. The number of oxazole rings is 1. The molecule has 7 nitrogen and oxygen atoms in total. The topological polar surface area (TPSA) is 98.3 Å². The number of carbonyl (C=O) groups excluding carboxylic acids is 1. The number of amides is 1. The van der Waals surface area contributed by atoms with Crippen LogP contribution in [0.4, 0.5) is 15.8 Å². The molecule has 3 aromatic rings. The summed E-state index contributed by atoms with van der Waals surface area (Å²) in [6.07, 6.45) is 2.13. The molecule has 8 heteroatoms. The van der Waals surface area contributed by atoms with Crippen LogP contribution >= 0.6 is 0 Å². The van der Waals surface area contributed by atoms with Gasteiger partial charge in [0.2, 0.25) is 0 Å². The molecule has 0 bridgehead atoms. The quantitative estimate of drug-likeness (QED) is 0.571. The number of nitrogens with zero attached hydrogens (tertiary/aromatic N) is 2. The molecule has 0 atom stereocenters. The van der Waals surface area contributed by atoms with Gasteiger partial charge in [-0.05, 0) is 31.0 Å². The fraction of sp³-hybridized carbons (Fsp3) is 0.176.